The van der Waals surface area contributed by atoms with Gasteiger partial charge in [0.05, 0.1) is 10.8 Å². The van der Waals surface area contributed by atoms with Gasteiger partial charge in [-0.25, -0.2) is 4.98 Å². The van der Waals surface area contributed by atoms with Crippen molar-refractivity contribution in [1.82, 2.24) is 4.98 Å². The Morgan fingerprint density at radius 1 is 0.397 bits per heavy atom. The van der Waals surface area contributed by atoms with E-state index in [2.05, 4.69) is 284 Å². The predicted octanol–water partition coefficient (Wildman–Crippen LogP) is 12.1. The van der Waals surface area contributed by atoms with Gasteiger partial charge in [0.1, 0.15) is 70.2 Å². The number of hydrogen-bond donors (Lipinski definition) is 0. The first-order valence-electron chi connectivity index (χ1n) is 23.1. The van der Waals surface area contributed by atoms with Crippen molar-refractivity contribution in [1.29, 1.82) is 0 Å². The highest BCUT2D eigenvalue weighted by Gasteiger charge is 2.59. The molecule has 0 unspecified atom stereocenters. The van der Waals surface area contributed by atoms with Gasteiger partial charge in [-0.2, -0.15) is 0 Å². The number of nitrogens with zero attached hydrogens (tertiary/aromatic N) is 2. The van der Waals surface area contributed by atoms with Crippen LogP contribution in [0.5, 0.6) is 0 Å². The van der Waals surface area contributed by atoms with E-state index in [4.69, 9.17) is 4.98 Å². The van der Waals surface area contributed by atoms with Crippen LogP contribution in [-0.2, 0) is 17.1 Å². The maximum atomic E-state index is 4.77. The van der Waals surface area contributed by atoms with Gasteiger partial charge < -0.3 is 4.90 Å². The molecule has 312 valence electrons. The Kier molecular flexibility index (Phi) is 9.87. The Labute approximate surface area is 435 Å². The van der Waals surface area contributed by atoms with Crippen LogP contribution >= 0.6 is 11.3 Å². The largest absolute Gasteiger partial charge is 0.378 e. The zero-order chi connectivity index (χ0) is 46.2. The van der Waals surface area contributed by atoms with E-state index in [-0.39, 0.29) is 0 Å². The first-order chi connectivity index (χ1) is 33.1. The third-order valence-electron chi connectivity index (χ3n) is 15.3. The van der Waals surface area contributed by atoms with Crippen molar-refractivity contribution in [3.8, 4) is 21.7 Å². The van der Waals surface area contributed by atoms with E-state index >= 15 is 0 Å². The topological polar surface area (TPSA) is 16.1 Å². The van der Waals surface area contributed by atoms with Crippen molar-refractivity contribution < 1.29 is 0 Å². The van der Waals surface area contributed by atoms with E-state index in [1.807, 2.05) is 6.20 Å². The average molecular weight is 941 g/mol. The molecule has 9 aromatic rings. The van der Waals surface area contributed by atoms with E-state index < -0.39 is 17.1 Å². The quantitative estimate of drug-likeness (QED) is 0.148. The summed E-state index contributed by atoms with van der Waals surface area (Å²) in [5.74, 6) is 0. The minimum atomic E-state index is -0.639. The summed E-state index contributed by atoms with van der Waals surface area (Å²) in [6.07, 6.45) is 1.91. The monoisotopic (exact) mass is 940 g/mol. The van der Waals surface area contributed by atoms with E-state index in [0.29, 0.717) is 0 Å². The lowest BCUT2D eigenvalue weighted by Crippen LogP contribution is -2.32. The van der Waals surface area contributed by atoms with Crippen molar-refractivity contribution in [2.24, 2.45) is 0 Å². The van der Waals surface area contributed by atoms with Crippen LogP contribution in [0.4, 0.5) is 5.69 Å². The normalized spacial score (nSPS) is 17.0. The molecule has 8 radical (unpaired) electrons. The van der Waals surface area contributed by atoms with E-state index in [1.165, 1.54) is 106 Å². The fourth-order valence-corrected chi connectivity index (χ4v) is 15.3. The second-order valence-corrected chi connectivity index (χ2v) is 24.8. The molecule has 0 fully saturated rings. The summed E-state index contributed by atoms with van der Waals surface area (Å²) in [6.45, 7) is 0. The summed E-state index contributed by atoms with van der Waals surface area (Å²) in [4.78, 5) is 6.93. The number of anilines is 1. The van der Waals surface area contributed by atoms with Crippen LogP contribution in [0.1, 0.15) is 66.8 Å². The van der Waals surface area contributed by atoms with Gasteiger partial charge in [-0.05, 0) is 108 Å². The summed E-state index contributed by atoms with van der Waals surface area (Å²) in [6, 6.07) is 73.7. The Morgan fingerprint density at radius 3 is 1.19 bits per heavy atom. The fourth-order valence-electron chi connectivity index (χ4n) is 12.5. The molecule has 8 aromatic carbocycles. The number of benzene rings is 8. The third kappa shape index (κ3) is 5.79. The number of hydrogen-bond acceptors (Lipinski definition) is 3. The Bertz CT molecular complexity index is 3480. The predicted molar refractivity (Wildman–Crippen MR) is 286 cm³/mol. The van der Waals surface area contributed by atoms with Crippen LogP contribution in [-0.4, -0.2) is 84.2 Å². The molecular weight excluding hydrogens is 901 g/mol. The maximum Gasteiger partial charge on any atom is 0.123 e. The number of rotatable bonds is 7. The molecule has 1 heterocycles. The molecule has 2 nitrogen and oxygen atoms in total. The molecule has 0 saturated carbocycles. The zero-order valence-electron chi connectivity index (χ0n) is 37.7. The lowest BCUT2D eigenvalue weighted by Gasteiger charge is -2.39. The van der Waals surface area contributed by atoms with Crippen molar-refractivity contribution in [2.45, 2.75) is 17.1 Å². The van der Waals surface area contributed by atoms with E-state index in [1.54, 1.807) is 11.3 Å². The van der Waals surface area contributed by atoms with Crippen LogP contribution in [0.3, 0.4) is 0 Å². The van der Waals surface area contributed by atoms with Crippen LogP contribution in [0.15, 0.2) is 206 Å². The Hall–Kier alpha value is -5.20. The van der Waals surface area contributed by atoms with Crippen LogP contribution in [0, 0.1) is 0 Å². The zero-order valence-corrected chi connectivity index (χ0v) is 43.2. The molecule has 13 rings (SSSR count). The second-order valence-electron chi connectivity index (χ2n) is 18.9. The fraction of sp³-hybridized carbons (Fsp3) is 0.0984. The number of thiazole rings is 1. The molecule has 4 aliphatic rings. The second kappa shape index (κ2) is 15.7. The Morgan fingerprint density at radius 2 is 0.794 bits per heavy atom. The molecule has 0 atom stereocenters. The molecule has 1 aromatic heterocycles. The third-order valence-corrected chi connectivity index (χ3v) is 18.5. The van der Waals surface area contributed by atoms with Gasteiger partial charge in [-0.1, -0.05) is 186 Å². The SMILES string of the molecule is CN(C)c1ccc(-c2ccc3c(c2)[C]([Al])([Al])C2=C3C(c3ccccc3)(c3ccccc3)c3cc4c(cc32)C(c2ccccc2)(c2ccccc2)C2=C4[C]([Al])([Al])c3cc(-c4nccs4)ccc32)cc1. The van der Waals surface area contributed by atoms with Gasteiger partial charge in [0.15, 0.2) is 0 Å². The standard InChI is InChI=1S/C61H40N2S.4Al/c1-63(2)48-27-23-39(24-28-48)40-25-29-49-42(33-40)35-53-51-37-56-52(38-55(51)60(57(49)53,44-15-7-3-8-16-44)45-17-9-4-10-18-45)54-36-43-34-41(59-62-31-32-64-59)26-30-50(43)58(54)61(56,46-19-11-5-12-20-46)47-21-13-6-14-22-47;;;;/h3-34,37-38H,1-2H3;;;;. The highest BCUT2D eigenvalue weighted by molar-refractivity contribution is 7.13. The minimum Gasteiger partial charge on any atom is -0.378 e. The summed E-state index contributed by atoms with van der Waals surface area (Å²) in [5.41, 5.74) is 24.2. The molecule has 0 bridgehead atoms. The number of allylic oxidation sites excluding steroid dienone is 4. The van der Waals surface area contributed by atoms with Gasteiger partial charge in [-0.3, -0.25) is 0 Å². The molecule has 0 saturated heterocycles. The summed E-state index contributed by atoms with van der Waals surface area (Å²) in [5, 5.41) is 3.10. The number of fused-ring (bicyclic) bond motifs is 8. The van der Waals surface area contributed by atoms with E-state index in [9.17, 15) is 0 Å². The van der Waals surface area contributed by atoms with Gasteiger partial charge in [-0.15, -0.1) is 17.6 Å². The summed E-state index contributed by atoms with van der Waals surface area (Å²) >= 11 is 15.1. The van der Waals surface area contributed by atoms with Crippen molar-refractivity contribution >= 4 is 104 Å². The van der Waals surface area contributed by atoms with Crippen LogP contribution < -0.4 is 4.90 Å². The highest BCUT2D eigenvalue weighted by Crippen LogP contribution is 2.70. The summed E-state index contributed by atoms with van der Waals surface area (Å²) < 4.78 is -0.999. The van der Waals surface area contributed by atoms with Crippen LogP contribution in [0.25, 0.3) is 44.0 Å². The van der Waals surface area contributed by atoms with E-state index in [0.717, 1.165) is 10.6 Å². The Balaban J connectivity index is 1.15. The maximum absolute atomic E-state index is 4.77. The van der Waals surface area contributed by atoms with Gasteiger partial charge >= 0.3 is 0 Å². The lowest BCUT2D eigenvalue weighted by molar-refractivity contribution is 0.795. The van der Waals surface area contributed by atoms with Gasteiger partial charge in [0.25, 0.3) is 0 Å². The molecule has 7 heteroatoms. The summed E-state index contributed by atoms with van der Waals surface area (Å²) in [7, 11) is 4.19. The van der Waals surface area contributed by atoms with Crippen molar-refractivity contribution in [2.75, 3.05) is 19.0 Å². The molecule has 4 aliphatic carbocycles. The molecule has 0 spiro atoms. The number of aromatic nitrogens is 1. The minimum absolute atomic E-state index is 0.498. The molecule has 68 heavy (non-hydrogen) atoms. The first-order valence-corrected chi connectivity index (χ1v) is 26.3. The van der Waals surface area contributed by atoms with Crippen molar-refractivity contribution in [3.05, 3.63) is 272 Å². The van der Waals surface area contributed by atoms with Gasteiger partial charge in [0.2, 0.25) is 0 Å². The molecule has 0 N–H and O–H groups in total. The molecular formula is C61H40Al4N2S. The highest BCUT2D eigenvalue weighted by atomic mass is 32.1. The first kappa shape index (κ1) is 42.9. The van der Waals surface area contributed by atoms with Gasteiger partial charge in [0, 0.05) is 36.9 Å². The van der Waals surface area contributed by atoms with Crippen LogP contribution in [0.2, 0.25) is 0 Å². The average Bonchev–Trinajstić information content (AvgIpc) is 4.18. The smallest absolute Gasteiger partial charge is 0.123 e. The molecule has 0 amide bonds. The lowest BCUT2D eigenvalue weighted by atomic mass is 9.63. The van der Waals surface area contributed by atoms with Crippen molar-refractivity contribution in [3.63, 3.8) is 0 Å². The molecule has 0 aliphatic heterocycles.